The van der Waals surface area contributed by atoms with E-state index in [1.54, 1.807) is 42.5 Å². The number of hydrogen-bond acceptors (Lipinski definition) is 5. The molecule has 0 fully saturated rings. The van der Waals surface area contributed by atoms with Crippen LogP contribution >= 0.6 is 15.9 Å². The van der Waals surface area contributed by atoms with Gasteiger partial charge in [0.1, 0.15) is 6.33 Å². The number of hydrogen-bond donors (Lipinski definition) is 1. The maximum absolute atomic E-state index is 12.4. The van der Waals surface area contributed by atoms with Crippen LogP contribution in [-0.4, -0.2) is 28.6 Å². The van der Waals surface area contributed by atoms with Crippen molar-refractivity contribution in [1.29, 1.82) is 0 Å². The molecule has 9 heteroatoms. The van der Waals surface area contributed by atoms with E-state index >= 15 is 0 Å². The predicted molar refractivity (Wildman–Crippen MR) is 88.8 cm³/mol. The zero-order valence-electron chi connectivity index (χ0n) is 12.0. The minimum absolute atomic E-state index is 0.211. The van der Waals surface area contributed by atoms with Crippen LogP contribution in [0.2, 0.25) is 0 Å². The molecule has 1 N–H and O–H groups in total. The summed E-state index contributed by atoms with van der Waals surface area (Å²) in [5.74, 6) is 0. The molecule has 0 saturated heterocycles. The summed E-state index contributed by atoms with van der Waals surface area (Å²) in [6, 6.07) is 11.6. The Morgan fingerprint density at radius 1 is 1.13 bits per heavy atom. The van der Waals surface area contributed by atoms with Crippen LogP contribution < -0.4 is 4.72 Å². The van der Waals surface area contributed by atoms with E-state index in [1.807, 2.05) is 6.92 Å². The lowest BCUT2D eigenvalue weighted by Gasteiger charge is -2.10. The standard InChI is InChI=1S/C14H12BrN5O2S/c1-10-8-13(6-7-14(10)15)23(21,22)17-11-2-4-12(5-3-11)20-9-16-18-19-20/h2-9,17H,1H3. The largest absolute Gasteiger partial charge is 0.280 e. The van der Waals surface area contributed by atoms with Gasteiger partial charge in [-0.1, -0.05) is 15.9 Å². The Kier molecular flexibility index (Phi) is 4.14. The van der Waals surface area contributed by atoms with Crippen molar-refractivity contribution in [3.63, 3.8) is 0 Å². The van der Waals surface area contributed by atoms with Gasteiger partial charge in [0.05, 0.1) is 10.6 Å². The summed E-state index contributed by atoms with van der Waals surface area (Å²) in [4.78, 5) is 0.211. The monoisotopic (exact) mass is 393 g/mol. The normalized spacial score (nSPS) is 11.4. The molecule has 3 aromatic rings. The molecule has 23 heavy (non-hydrogen) atoms. The molecule has 0 aliphatic heterocycles. The number of rotatable bonds is 4. The molecule has 0 radical (unpaired) electrons. The van der Waals surface area contributed by atoms with Crippen LogP contribution in [0.15, 0.2) is 58.2 Å². The molecule has 0 bridgehead atoms. The highest BCUT2D eigenvalue weighted by atomic mass is 79.9. The average Bonchev–Trinajstić information content (AvgIpc) is 3.04. The van der Waals surface area contributed by atoms with E-state index in [2.05, 4.69) is 36.2 Å². The van der Waals surface area contributed by atoms with E-state index in [0.717, 1.165) is 15.7 Å². The van der Waals surface area contributed by atoms with Crippen molar-refractivity contribution in [2.45, 2.75) is 11.8 Å². The highest BCUT2D eigenvalue weighted by Crippen LogP contribution is 2.22. The molecule has 7 nitrogen and oxygen atoms in total. The van der Waals surface area contributed by atoms with Crippen LogP contribution in [0.25, 0.3) is 5.69 Å². The van der Waals surface area contributed by atoms with E-state index in [0.29, 0.717) is 5.69 Å². The van der Waals surface area contributed by atoms with Crippen LogP contribution in [-0.2, 0) is 10.0 Å². The number of anilines is 1. The first-order chi connectivity index (χ1) is 11.0. The Morgan fingerprint density at radius 2 is 1.87 bits per heavy atom. The van der Waals surface area contributed by atoms with Crippen molar-refractivity contribution in [3.8, 4) is 5.69 Å². The minimum atomic E-state index is -3.64. The van der Waals surface area contributed by atoms with Crippen molar-refractivity contribution in [2.75, 3.05) is 4.72 Å². The Labute approximate surface area is 141 Å². The lowest BCUT2D eigenvalue weighted by atomic mass is 10.2. The number of aromatic nitrogens is 4. The fourth-order valence-electron chi connectivity index (χ4n) is 1.96. The molecule has 0 unspecified atom stereocenters. The summed E-state index contributed by atoms with van der Waals surface area (Å²) < 4.78 is 29.7. The second kappa shape index (κ2) is 6.09. The molecule has 1 aromatic heterocycles. The summed E-state index contributed by atoms with van der Waals surface area (Å²) in [5, 5.41) is 10.9. The molecule has 3 rings (SSSR count). The Hall–Kier alpha value is -2.26. The van der Waals surface area contributed by atoms with Gasteiger partial charge in [-0.15, -0.1) is 5.10 Å². The van der Waals surface area contributed by atoms with Gasteiger partial charge in [-0.3, -0.25) is 4.72 Å². The maximum Gasteiger partial charge on any atom is 0.261 e. The fourth-order valence-corrected chi connectivity index (χ4v) is 3.35. The van der Waals surface area contributed by atoms with E-state index in [-0.39, 0.29) is 4.90 Å². The van der Waals surface area contributed by atoms with Crippen molar-refractivity contribution in [2.24, 2.45) is 0 Å². The molecule has 0 spiro atoms. The Morgan fingerprint density at radius 3 is 2.48 bits per heavy atom. The number of nitrogens with one attached hydrogen (secondary N) is 1. The van der Waals surface area contributed by atoms with Crippen molar-refractivity contribution >= 4 is 31.6 Å². The zero-order chi connectivity index (χ0) is 16.4. The zero-order valence-corrected chi connectivity index (χ0v) is 14.4. The number of aryl methyl sites for hydroxylation is 1. The number of sulfonamides is 1. The van der Waals surface area contributed by atoms with Gasteiger partial charge in [0, 0.05) is 10.2 Å². The molecule has 1 heterocycles. The maximum atomic E-state index is 12.4. The third-order valence-electron chi connectivity index (χ3n) is 3.17. The molecular weight excluding hydrogens is 382 g/mol. The Balaban J connectivity index is 1.84. The molecule has 0 atom stereocenters. The van der Waals surface area contributed by atoms with E-state index in [9.17, 15) is 8.42 Å². The highest BCUT2D eigenvalue weighted by molar-refractivity contribution is 9.10. The number of benzene rings is 2. The third-order valence-corrected chi connectivity index (χ3v) is 5.44. The summed E-state index contributed by atoms with van der Waals surface area (Å²) in [7, 11) is -3.64. The van der Waals surface area contributed by atoms with Gasteiger partial charge < -0.3 is 0 Å². The van der Waals surface area contributed by atoms with Crippen LogP contribution in [0.1, 0.15) is 5.56 Å². The smallest absolute Gasteiger partial charge is 0.261 e. The topological polar surface area (TPSA) is 89.8 Å². The van der Waals surface area contributed by atoms with Gasteiger partial charge in [-0.25, -0.2) is 13.1 Å². The molecule has 118 valence electrons. The van der Waals surface area contributed by atoms with Crippen molar-refractivity contribution in [1.82, 2.24) is 20.2 Å². The van der Waals surface area contributed by atoms with Gasteiger partial charge in [-0.2, -0.15) is 0 Å². The van der Waals surface area contributed by atoms with Crippen molar-refractivity contribution < 1.29 is 8.42 Å². The van der Waals surface area contributed by atoms with Gasteiger partial charge in [0.2, 0.25) is 0 Å². The summed E-state index contributed by atoms with van der Waals surface area (Å²) >= 11 is 3.36. The Bertz CT molecular complexity index is 924. The summed E-state index contributed by atoms with van der Waals surface area (Å²) in [5.41, 5.74) is 2.04. The first-order valence-electron chi connectivity index (χ1n) is 6.58. The second-order valence-electron chi connectivity index (χ2n) is 4.82. The molecular formula is C14H12BrN5O2S. The third kappa shape index (κ3) is 3.40. The van der Waals surface area contributed by atoms with Gasteiger partial charge in [0.15, 0.2) is 0 Å². The molecule has 0 aliphatic rings. The van der Waals surface area contributed by atoms with E-state index < -0.39 is 10.0 Å². The summed E-state index contributed by atoms with van der Waals surface area (Å²) in [6.45, 7) is 1.84. The lowest BCUT2D eigenvalue weighted by molar-refractivity contribution is 0.601. The van der Waals surface area contributed by atoms with Gasteiger partial charge in [0.25, 0.3) is 10.0 Å². The number of tetrazole rings is 1. The second-order valence-corrected chi connectivity index (χ2v) is 7.35. The van der Waals surface area contributed by atoms with E-state index in [4.69, 9.17) is 0 Å². The van der Waals surface area contributed by atoms with Crippen LogP contribution in [0.4, 0.5) is 5.69 Å². The lowest BCUT2D eigenvalue weighted by Crippen LogP contribution is -2.13. The highest BCUT2D eigenvalue weighted by Gasteiger charge is 2.15. The first-order valence-corrected chi connectivity index (χ1v) is 8.86. The van der Waals surface area contributed by atoms with E-state index in [1.165, 1.54) is 11.0 Å². The summed E-state index contributed by atoms with van der Waals surface area (Å²) in [6.07, 6.45) is 1.46. The quantitative estimate of drug-likeness (QED) is 0.735. The van der Waals surface area contributed by atoms with Crippen molar-refractivity contribution in [3.05, 3.63) is 58.8 Å². The predicted octanol–water partition coefficient (Wildman–Crippen LogP) is 2.53. The SMILES string of the molecule is Cc1cc(S(=O)(=O)Nc2ccc(-n3cnnn3)cc2)ccc1Br. The molecule has 0 aliphatic carbocycles. The van der Waals surface area contributed by atoms with Crippen LogP contribution in [0, 0.1) is 6.92 Å². The fraction of sp³-hybridized carbons (Fsp3) is 0.0714. The number of nitrogens with zero attached hydrogens (tertiary/aromatic N) is 4. The van der Waals surface area contributed by atoms with Crippen LogP contribution in [0.5, 0.6) is 0 Å². The molecule has 2 aromatic carbocycles. The average molecular weight is 394 g/mol. The van der Waals surface area contributed by atoms with Crippen LogP contribution in [0.3, 0.4) is 0 Å². The molecule has 0 amide bonds. The number of halogens is 1. The minimum Gasteiger partial charge on any atom is -0.280 e. The molecule has 0 saturated carbocycles. The van der Waals surface area contributed by atoms with Gasteiger partial charge in [-0.05, 0) is 65.4 Å². The first kappa shape index (κ1) is 15.6. The van der Waals surface area contributed by atoms with Gasteiger partial charge >= 0.3 is 0 Å².